The molecule has 0 bridgehead atoms. The van der Waals surface area contributed by atoms with Gasteiger partial charge >= 0.3 is 0 Å². The highest BCUT2D eigenvalue weighted by molar-refractivity contribution is 7.14. The third-order valence-electron chi connectivity index (χ3n) is 4.91. The summed E-state index contributed by atoms with van der Waals surface area (Å²) in [6, 6.07) is 14.2. The highest BCUT2D eigenvalue weighted by Gasteiger charge is 2.25. The lowest BCUT2D eigenvalue weighted by Crippen LogP contribution is -2.30. The second-order valence-electron chi connectivity index (χ2n) is 6.91. The van der Waals surface area contributed by atoms with Crippen molar-refractivity contribution in [1.29, 1.82) is 0 Å². The van der Waals surface area contributed by atoms with Crippen LogP contribution in [-0.4, -0.2) is 32.2 Å². The number of nitrogens with zero attached hydrogens (tertiary/aromatic N) is 2. The predicted octanol–water partition coefficient (Wildman–Crippen LogP) is 5.93. The number of hydrogen-bond donors (Lipinski definition) is 0. The first-order valence-electron chi connectivity index (χ1n) is 9.89. The van der Waals surface area contributed by atoms with Crippen molar-refractivity contribution >= 4 is 34.0 Å². The summed E-state index contributed by atoms with van der Waals surface area (Å²) in [6.45, 7) is 0.204. The van der Waals surface area contributed by atoms with Gasteiger partial charge in [0, 0.05) is 21.5 Å². The summed E-state index contributed by atoms with van der Waals surface area (Å²) in [5, 5.41) is 3.07. The lowest BCUT2D eigenvalue weighted by Gasteiger charge is -2.20. The number of aromatic nitrogens is 1. The molecule has 4 rings (SSSR count). The van der Waals surface area contributed by atoms with E-state index >= 15 is 0 Å². The second kappa shape index (κ2) is 9.97. The number of benzene rings is 2. The number of amides is 1. The summed E-state index contributed by atoms with van der Waals surface area (Å²) >= 11 is 7.37. The average Bonchev–Trinajstić information content (AvgIpc) is 3.54. The third kappa shape index (κ3) is 4.81. The van der Waals surface area contributed by atoms with Crippen LogP contribution in [0.25, 0.3) is 11.3 Å². The Kier molecular flexibility index (Phi) is 6.86. The van der Waals surface area contributed by atoms with E-state index in [0.29, 0.717) is 38.7 Å². The monoisotopic (exact) mass is 484 g/mol. The van der Waals surface area contributed by atoms with Gasteiger partial charge in [0.25, 0.3) is 5.91 Å². The zero-order valence-corrected chi connectivity index (χ0v) is 19.8. The molecule has 2 heterocycles. The number of thiazole rings is 1. The fourth-order valence-electron chi connectivity index (χ4n) is 3.29. The lowest BCUT2D eigenvalue weighted by molar-refractivity contribution is 0.0982. The first-order valence-corrected chi connectivity index (χ1v) is 11.2. The Morgan fingerprint density at radius 2 is 1.76 bits per heavy atom. The van der Waals surface area contributed by atoms with E-state index in [0.717, 1.165) is 11.3 Å². The van der Waals surface area contributed by atoms with Crippen LogP contribution in [0.5, 0.6) is 17.2 Å². The van der Waals surface area contributed by atoms with Crippen molar-refractivity contribution in [2.45, 2.75) is 6.54 Å². The third-order valence-corrected chi connectivity index (χ3v) is 6.03. The molecular formula is C24H21ClN2O5S. The highest BCUT2D eigenvalue weighted by atomic mass is 35.5. The molecule has 0 saturated heterocycles. The van der Waals surface area contributed by atoms with Crippen molar-refractivity contribution in [2.24, 2.45) is 0 Å². The molecule has 0 aliphatic rings. The molecule has 0 saturated carbocycles. The lowest BCUT2D eigenvalue weighted by atomic mass is 10.1. The van der Waals surface area contributed by atoms with Crippen LogP contribution in [0.3, 0.4) is 0 Å². The summed E-state index contributed by atoms with van der Waals surface area (Å²) in [5.41, 5.74) is 2.01. The van der Waals surface area contributed by atoms with Crippen molar-refractivity contribution in [3.05, 3.63) is 76.5 Å². The summed E-state index contributed by atoms with van der Waals surface area (Å²) < 4.78 is 21.7. The van der Waals surface area contributed by atoms with Crippen LogP contribution >= 0.6 is 22.9 Å². The molecule has 9 heteroatoms. The first-order chi connectivity index (χ1) is 16.0. The summed E-state index contributed by atoms with van der Waals surface area (Å²) in [5.74, 6) is 1.52. The molecule has 0 N–H and O–H groups in total. The van der Waals surface area contributed by atoms with E-state index in [1.807, 2.05) is 23.6 Å². The van der Waals surface area contributed by atoms with Crippen LogP contribution in [0.1, 0.15) is 16.1 Å². The molecule has 33 heavy (non-hydrogen) atoms. The molecule has 2 aromatic heterocycles. The second-order valence-corrected chi connectivity index (χ2v) is 8.18. The van der Waals surface area contributed by atoms with Crippen molar-refractivity contribution in [1.82, 2.24) is 4.98 Å². The fraction of sp³-hybridized carbons (Fsp3) is 0.167. The van der Waals surface area contributed by atoms with Gasteiger partial charge in [0.1, 0.15) is 5.76 Å². The largest absolute Gasteiger partial charge is 0.493 e. The standard InChI is InChI=1S/C24H21ClN2O5S/c1-29-20-11-16(12-21(30-2)22(20)31-3)23(28)27(13-18-5-4-10-32-18)24-26-19(14-33-24)15-6-8-17(25)9-7-15/h4-12,14H,13H2,1-3H3. The zero-order valence-electron chi connectivity index (χ0n) is 18.2. The van der Waals surface area contributed by atoms with Crippen LogP contribution in [-0.2, 0) is 6.54 Å². The molecule has 170 valence electrons. The Morgan fingerprint density at radius 1 is 1.06 bits per heavy atom. The summed E-state index contributed by atoms with van der Waals surface area (Å²) in [4.78, 5) is 19.9. The maximum absolute atomic E-state index is 13.7. The molecule has 4 aromatic rings. The van der Waals surface area contributed by atoms with Crippen molar-refractivity contribution < 1.29 is 23.4 Å². The number of furan rings is 1. The summed E-state index contributed by atoms with van der Waals surface area (Å²) in [6.07, 6.45) is 1.57. The first kappa shape index (κ1) is 22.7. The quantitative estimate of drug-likeness (QED) is 0.308. The van der Waals surface area contributed by atoms with E-state index in [1.54, 1.807) is 41.5 Å². The fourth-order valence-corrected chi connectivity index (χ4v) is 4.24. The van der Waals surface area contributed by atoms with Crippen molar-refractivity contribution in [2.75, 3.05) is 26.2 Å². The minimum Gasteiger partial charge on any atom is -0.493 e. The topological polar surface area (TPSA) is 74.0 Å². The van der Waals surface area contributed by atoms with Crippen LogP contribution in [0.15, 0.2) is 64.6 Å². The number of anilines is 1. The van der Waals surface area contributed by atoms with E-state index in [4.69, 9.17) is 35.2 Å². The number of ether oxygens (including phenoxy) is 3. The van der Waals surface area contributed by atoms with Crippen LogP contribution < -0.4 is 19.1 Å². The van der Waals surface area contributed by atoms with Gasteiger partial charge in [-0.05, 0) is 36.4 Å². The Bertz CT molecular complexity index is 1210. The molecule has 0 unspecified atom stereocenters. The molecule has 7 nitrogen and oxygen atoms in total. The van der Waals surface area contributed by atoms with Crippen LogP contribution in [0.2, 0.25) is 5.02 Å². The molecule has 0 atom stereocenters. The van der Waals surface area contributed by atoms with Gasteiger partial charge in [0.05, 0.1) is 39.8 Å². The van der Waals surface area contributed by atoms with Gasteiger partial charge < -0.3 is 18.6 Å². The van der Waals surface area contributed by atoms with E-state index in [1.165, 1.54) is 32.7 Å². The number of hydrogen-bond acceptors (Lipinski definition) is 7. The number of rotatable bonds is 8. The minimum atomic E-state index is -0.289. The molecule has 0 fully saturated rings. The normalized spacial score (nSPS) is 10.7. The zero-order chi connectivity index (χ0) is 23.4. The van der Waals surface area contributed by atoms with E-state index < -0.39 is 0 Å². The minimum absolute atomic E-state index is 0.204. The van der Waals surface area contributed by atoms with Gasteiger partial charge in [-0.25, -0.2) is 4.98 Å². The van der Waals surface area contributed by atoms with Crippen LogP contribution in [0.4, 0.5) is 5.13 Å². The van der Waals surface area contributed by atoms with Gasteiger partial charge in [-0.15, -0.1) is 11.3 Å². The van der Waals surface area contributed by atoms with E-state index in [2.05, 4.69) is 0 Å². The van der Waals surface area contributed by atoms with Crippen molar-refractivity contribution in [3.8, 4) is 28.5 Å². The molecule has 1 amide bonds. The Labute approximate surface area is 200 Å². The molecule has 2 aromatic carbocycles. The highest BCUT2D eigenvalue weighted by Crippen LogP contribution is 2.39. The number of halogens is 1. The number of carbonyl (C=O) groups excluding carboxylic acids is 1. The average molecular weight is 485 g/mol. The molecule has 0 spiro atoms. The summed E-state index contributed by atoms with van der Waals surface area (Å²) in [7, 11) is 4.52. The Hall–Kier alpha value is -3.49. The molecular weight excluding hydrogens is 464 g/mol. The SMILES string of the molecule is COc1cc(C(=O)N(Cc2ccco2)c2nc(-c3ccc(Cl)cc3)cs2)cc(OC)c1OC. The number of carbonyl (C=O) groups is 1. The predicted molar refractivity (Wildman–Crippen MR) is 128 cm³/mol. The van der Waals surface area contributed by atoms with Crippen molar-refractivity contribution in [3.63, 3.8) is 0 Å². The molecule has 0 radical (unpaired) electrons. The van der Waals surface area contributed by atoms with E-state index in [-0.39, 0.29) is 12.5 Å². The maximum Gasteiger partial charge on any atom is 0.260 e. The maximum atomic E-state index is 13.7. The van der Waals surface area contributed by atoms with E-state index in [9.17, 15) is 4.79 Å². The Morgan fingerprint density at radius 3 is 2.33 bits per heavy atom. The van der Waals surface area contributed by atoms with Gasteiger partial charge in [-0.3, -0.25) is 9.69 Å². The van der Waals surface area contributed by atoms with Gasteiger partial charge in [0.2, 0.25) is 5.75 Å². The molecule has 0 aliphatic carbocycles. The van der Waals surface area contributed by atoms with Gasteiger partial charge in [-0.2, -0.15) is 0 Å². The van der Waals surface area contributed by atoms with Gasteiger partial charge in [-0.1, -0.05) is 23.7 Å². The van der Waals surface area contributed by atoms with Gasteiger partial charge in [0.15, 0.2) is 16.6 Å². The Balaban J connectivity index is 1.74. The molecule has 0 aliphatic heterocycles. The number of methoxy groups -OCH3 is 3. The smallest absolute Gasteiger partial charge is 0.260 e. The van der Waals surface area contributed by atoms with Crippen LogP contribution in [0, 0.1) is 0 Å².